The Hall–Kier alpha value is -0.920. The molecule has 1 saturated heterocycles. The number of piperazine rings is 1. The number of hydrogen-bond acceptors (Lipinski definition) is 5. The predicted molar refractivity (Wildman–Crippen MR) is 131 cm³/mol. The number of carbonyl (C=O) groups is 1. The third-order valence-corrected chi connectivity index (χ3v) is 7.15. The number of halogens is 1. The summed E-state index contributed by atoms with van der Waals surface area (Å²) in [4.78, 5) is 17.7. The molecule has 2 fully saturated rings. The highest BCUT2D eigenvalue weighted by Gasteiger charge is 2.33. The zero-order chi connectivity index (χ0) is 22.4. The van der Waals surface area contributed by atoms with E-state index >= 15 is 0 Å². The summed E-state index contributed by atoms with van der Waals surface area (Å²) in [6.07, 6.45) is 8.26. The van der Waals surface area contributed by atoms with Crippen LogP contribution in [-0.2, 0) is 4.74 Å². The van der Waals surface area contributed by atoms with Gasteiger partial charge in [0.1, 0.15) is 17.5 Å². The van der Waals surface area contributed by atoms with Crippen molar-refractivity contribution in [3.05, 3.63) is 22.7 Å². The van der Waals surface area contributed by atoms with Crippen molar-refractivity contribution in [1.29, 1.82) is 0 Å². The van der Waals surface area contributed by atoms with Crippen LogP contribution in [0, 0.1) is 5.92 Å². The number of thioether (sulfide) groups is 1. The molecule has 31 heavy (non-hydrogen) atoms. The van der Waals surface area contributed by atoms with Gasteiger partial charge < -0.3 is 14.4 Å². The van der Waals surface area contributed by atoms with Crippen molar-refractivity contribution in [3.8, 4) is 5.75 Å². The molecule has 3 rings (SSSR count). The van der Waals surface area contributed by atoms with E-state index in [4.69, 9.17) is 9.47 Å². The van der Waals surface area contributed by atoms with Crippen LogP contribution in [0.1, 0.15) is 52.9 Å². The van der Waals surface area contributed by atoms with Crippen molar-refractivity contribution in [2.45, 2.75) is 69.5 Å². The van der Waals surface area contributed by atoms with E-state index in [0.29, 0.717) is 12.0 Å². The minimum atomic E-state index is -0.430. The number of unbranched alkanes of at least 4 members (excludes halogenated alkanes) is 1. The molecule has 0 bridgehead atoms. The Kier molecular flexibility index (Phi) is 9.00. The van der Waals surface area contributed by atoms with E-state index in [2.05, 4.69) is 45.3 Å². The molecule has 7 heteroatoms. The zero-order valence-corrected chi connectivity index (χ0v) is 21.8. The SMILES string of the molecule is CSc1ccc(OC(CCCCN2CCN(C(=O)OC(C)(C)C)CC2)C2CC2)c(Br)c1. The van der Waals surface area contributed by atoms with Crippen LogP contribution in [0.5, 0.6) is 5.75 Å². The summed E-state index contributed by atoms with van der Waals surface area (Å²) in [5.74, 6) is 1.68. The van der Waals surface area contributed by atoms with Gasteiger partial charge in [0.15, 0.2) is 0 Å². The number of nitrogens with zero attached hydrogens (tertiary/aromatic N) is 2. The molecule has 1 amide bonds. The molecule has 0 spiro atoms. The van der Waals surface area contributed by atoms with E-state index in [1.54, 1.807) is 11.8 Å². The second-order valence-electron chi connectivity index (χ2n) is 9.59. The first-order chi connectivity index (χ1) is 14.7. The molecule has 0 aromatic heterocycles. The molecule has 1 unspecified atom stereocenters. The molecule has 1 atom stereocenters. The molecule has 2 aliphatic rings. The lowest BCUT2D eigenvalue weighted by molar-refractivity contribution is 0.0143. The minimum absolute atomic E-state index is 0.187. The first kappa shape index (κ1) is 24.7. The van der Waals surface area contributed by atoms with E-state index in [-0.39, 0.29) is 6.09 Å². The number of carbonyl (C=O) groups excluding carboxylic acids is 1. The summed E-state index contributed by atoms with van der Waals surface area (Å²) < 4.78 is 12.9. The molecule has 0 radical (unpaired) electrons. The lowest BCUT2D eigenvalue weighted by Crippen LogP contribution is -2.50. The fraction of sp³-hybridized carbons (Fsp3) is 0.708. The smallest absolute Gasteiger partial charge is 0.410 e. The normalized spacial score (nSPS) is 18.7. The van der Waals surface area contributed by atoms with Crippen LogP contribution >= 0.6 is 27.7 Å². The molecule has 1 aliphatic carbocycles. The summed E-state index contributed by atoms with van der Waals surface area (Å²) in [6, 6.07) is 6.36. The highest BCUT2D eigenvalue weighted by atomic mass is 79.9. The van der Waals surface area contributed by atoms with Gasteiger partial charge in [0.05, 0.1) is 4.47 Å². The maximum absolute atomic E-state index is 12.2. The van der Waals surface area contributed by atoms with Gasteiger partial charge in [-0.2, -0.15) is 0 Å². The number of amides is 1. The first-order valence-corrected chi connectivity index (χ1v) is 13.5. The number of hydrogen-bond donors (Lipinski definition) is 0. The van der Waals surface area contributed by atoms with Crippen LogP contribution in [0.25, 0.3) is 0 Å². The second-order valence-corrected chi connectivity index (χ2v) is 11.3. The van der Waals surface area contributed by atoms with E-state index in [0.717, 1.165) is 49.4 Å². The fourth-order valence-electron chi connectivity index (χ4n) is 3.89. The average molecular weight is 514 g/mol. The van der Waals surface area contributed by atoms with Gasteiger partial charge in [-0.3, -0.25) is 4.90 Å². The first-order valence-electron chi connectivity index (χ1n) is 11.5. The Bertz CT molecular complexity index is 728. The monoisotopic (exact) mass is 512 g/mol. The van der Waals surface area contributed by atoms with Crippen LogP contribution in [0.15, 0.2) is 27.6 Å². The standard InChI is InChI=1S/C24H37BrN2O3S/c1-24(2,3)30-23(28)27-15-13-26(14-16-27)12-6-5-7-21(18-8-9-18)29-22-11-10-19(31-4)17-20(22)25/h10-11,17-18,21H,5-9,12-16H2,1-4H3. The minimum Gasteiger partial charge on any atom is -0.489 e. The fourth-order valence-corrected chi connectivity index (χ4v) is 4.95. The Morgan fingerprint density at radius 2 is 1.90 bits per heavy atom. The summed E-state index contributed by atoms with van der Waals surface area (Å²) in [7, 11) is 0. The van der Waals surface area contributed by atoms with Crippen molar-refractivity contribution < 1.29 is 14.3 Å². The largest absolute Gasteiger partial charge is 0.489 e. The Labute approximate surface area is 200 Å². The van der Waals surface area contributed by atoms with Gasteiger partial charge in [-0.25, -0.2) is 4.79 Å². The van der Waals surface area contributed by atoms with Crippen LogP contribution in [0.2, 0.25) is 0 Å². The van der Waals surface area contributed by atoms with Gasteiger partial charge in [-0.1, -0.05) is 0 Å². The third kappa shape index (κ3) is 8.17. The number of ether oxygens (including phenoxy) is 2. The summed E-state index contributed by atoms with van der Waals surface area (Å²) >= 11 is 5.41. The maximum atomic E-state index is 12.2. The lowest BCUT2D eigenvalue weighted by Gasteiger charge is -2.35. The van der Waals surface area contributed by atoms with Crippen molar-refractivity contribution >= 4 is 33.8 Å². The Balaban J connectivity index is 1.36. The van der Waals surface area contributed by atoms with Crippen LogP contribution in [0.3, 0.4) is 0 Å². The van der Waals surface area contributed by atoms with Gasteiger partial charge in [0.2, 0.25) is 0 Å². The highest BCUT2D eigenvalue weighted by molar-refractivity contribution is 9.10. The molecule has 0 N–H and O–H groups in total. The van der Waals surface area contributed by atoms with E-state index in [9.17, 15) is 4.79 Å². The van der Waals surface area contributed by atoms with Crippen LogP contribution in [-0.4, -0.2) is 66.6 Å². The predicted octanol–water partition coefficient (Wildman–Crippen LogP) is 6.05. The van der Waals surface area contributed by atoms with Crippen molar-refractivity contribution in [1.82, 2.24) is 9.80 Å². The molecule has 1 aliphatic heterocycles. The number of benzene rings is 1. The van der Waals surface area contributed by atoms with E-state index in [1.165, 1.54) is 30.6 Å². The van der Waals surface area contributed by atoms with Gasteiger partial charge in [-0.05, 0) is 106 Å². The Morgan fingerprint density at radius 1 is 1.19 bits per heavy atom. The summed E-state index contributed by atoms with van der Waals surface area (Å²) in [6.45, 7) is 10.2. The second kappa shape index (κ2) is 11.3. The molecule has 5 nitrogen and oxygen atoms in total. The van der Waals surface area contributed by atoms with E-state index in [1.807, 2.05) is 25.7 Å². The van der Waals surface area contributed by atoms with Gasteiger partial charge in [0, 0.05) is 31.1 Å². The van der Waals surface area contributed by atoms with Gasteiger partial charge in [0.25, 0.3) is 0 Å². The molecule has 1 aromatic rings. The van der Waals surface area contributed by atoms with Crippen LogP contribution < -0.4 is 4.74 Å². The topological polar surface area (TPSA) is 42.0 Å². The summed E-state index contributed by atoms with van der Waals surface area (Å²) in [5, 5.41) is 0. The van der Waals surface area contributed by atoms with Crippen molar-refractivity contribution in [2.24, 2.45) is 5.92 Å². The number of rotatable bonds is 9. The summed E-state index contributed by atoms with van der Waals surface area (Å²) in [5.41, 5.74) is -0.430. The average Bonchev–Trinajstić information content (AvgIpc) is 3.55. The molecule has 1 saturated carbocycles. The van der Waals surface area contributed by atoms with E-state index < -0.39 is 5.60 Å². The molecule has 174 valence electrons. The van der Waals surface area contributed by atoms with Crippen LogP contribution in [0.4, 0.5) is 4.79 Å². The quantitative estimate of drug-likeness (QED) is 0.297. The molecule has 1 heterocycles. The Morgan fingerprint density at radius 3 is 2.48 bits per heavy atom. The zero-order valence-electron chi connectivity index (χ0n) is 19.4. The maximum Gasteiger partial charge on any atom is 0.410 e. The molecular formula is C24H37BrN2O3S. The van der Waals surface area contributed by atoms with Crippen molar-refractivity contribution in [2.75, 3.05) is 39.0 Å². The van der Waals surface area contributed by atoms with Gasteiger partial charge in [-0.15, -0.1) is 11.8 Å². The van der Waals surface area contributed by atoms with Crippen molar-refractivity contribution in [3.63, 3.8) is 0 Å². The van der Waals surface area contributed by atoms with Gasteiger partial charge >= 0.3 is 6.09 Å². The lowest BCUT2D eigenvalue weighted by atomic mass is 10.1. The third-order valence-electron chi connectivity index (χ3n) is 5.80. The highest BCUT2D eigenvalue weighted by Crippen LogP contribution is 2.39. The molecule has 1 aromatic carbocycles. The molecular weight excluding hydrogens is 476 g/mol.